The van der Waals surface area contributed by atoms with Crippen LogP contribution in [0.4, 0.5) is 0 Å². The van der Waals surface area contributed by atoms with E-state index in [1.54, 1.807) is 0 Å². The minimum Gasteiger partial charge on any atom is -0.458 e. The third-order valence-electron chi connectivity index (χ3n) is 12.9. The summed E-state index contributed by atoms with van der Waals surface area (Å²) >= 11 is 0. The van der Waals surface area contributed by atoms with Crippen molar-refractivity contribution in [3.8, 4) is 0 Å². The molecule has 0 bridgehead atoms. The minimum absolute atomic E-state index is 0.271. The molecule has 0 aromatic carbocycles. The first-order chi connectivity index (χ1) is 26.1. The van der Waals surface area contributed by atoms with Gasteiger partial charge in [0.05, 0.1) is 23.7 Å². The van der Waals surface area contributed by atoms with Crippen molar-refractivity contribution in [2.75, 3.05) is 0 Å². The van der Waals surface area contributed by atoms with Crippen molar-refractivity contribution in [3.63, 3.8) is 0 Å². The number of esters is 4. The van der Waals surface area contributed by atoms with Gasteiger partial charge in [-0.3, -0.25) is 19.2 Å². The molecule has 4 atom stereocenters. The molecular weight excluding hydrogens is 737 g/mol. The number of hydrogen-bond acceptors (Lipinski definition) is 12. The van der Waals surface area contributed by atoms with Crippen molar-refractivity contribution < 1.29 is 38.1 Å². The maximum absolute atomic E-state index is 14.5. The maximum atomic E-state index is 14.5. The van der Waals surface area contributed by atoms with Gasteiger partial charge in [0.1, 0.15) is 12.2 Å². The van der Waals surface area contributed by atoms with E-state index in [2.05, 4.69) is 132 Å². The van der Waals surface area contributed by atoms with Crippen molar-refractivity contribution in [1.82, 2.24) is 21.3 Å². The smallest absolute Gasteiger partial charge is 0.309 e. The fourth-order valence-corrected chi connectivity index (χ4v) is 12.5. The highest BCUT2D eigenvalue weighted by molar-refractivity contribution is 5.76. The Morgan fingerprint density at radius 1 is 0.328 bits per heavy atom. The van der Waals surface area contributed by atoms with Crippen LogP contribution < -0.4 is 21.3 Å². The molecule has 5 aliphatic rings. The van der Waals surface area contributed by atoms with E-state index < -0.39 is 60.0 Å². The molecule has 58 heavy (non-hydrogen) atoms. The summed E-state index contributed by atoms with van der Waals surface area (Å²) < 4.78 is 26.0. The molecule has 0 amide bonds. The highest BCUT2D eigenvalue weighted by Gasteiger charge is 2.53. The van der Waals surface area contributed by atoms with E-state index in [0.717, 1.165) is 0 Å². The highest BCUT2D eigenvalue weighted by atomic mass is 16.6. The predicted molar refractivity (Wildman–Crippen MR) is 225 cm³/mol. The van der Waals surface area contributed by atoms with Crippen molar-refractivity contribution in [3.05, 3.63) is 0 Å². The molecule has 12 nitrogen and oxygen atoms in total. The lowest BCUT2D eigenvalue weighted by atomic mass is 9.75. The molecule has 1 aliphatic carbocycles. The molecule has 0 aromatic heterocycles. The minimum atomic E-state index is -1.18. The first kappa shape index (κ1) is 46.8. The van der Waals surface area contributed by atoms with Crippen molar-refractivity contribution >= 4 is 23.9 Å². The molecule has 1 saturated carbocycles. The van der Waals surface area contributed by atoms with Crippen LogP contribution in [-0.4, -0.2) is 92.6 Å². The third kappa shape index (κ3) is 12.2. The molecule has 0 aromatic rings. The first-order valence-corrected chi connectivity index (χ1v) is 22.1. The largest absolute Gasteiger partial charge is 0.458 e. The van der Waals surface area contributed by atoms with Crippen molar-refractivity contribution in [2.45, 2.75) is 244 Å². The van der Waals surface area contributed by atoms with Crippen LogP contribution in [0.3, 0.4) is 0 Å². The van der Waals surface area contributed by atoms with Gasteiger partial charge in [0.25, 0.3) is 0 Å². The Hall–Kier alpha value is -2.28. The molecule has 4 saturated heterocycles. The molecule has 5 fully saturated rings. The van der Waals surface area contributed by atoms with Crippen LogP contribution in [0.2, 0.25) is 0 Å². The number of ether oxygens (including phenoxy) is 4. The van der Waals surface area contributed by atoms with Gasteiger partial charge in [0, 0.05) is 44.3 Å². The molecule has 4 aliphatic heterocycles. The summed E-state index contributed by atoms with van der Waals surface area (Å²) in [6.45, 7) is 33.3. The van der Waals surface area contributed by atoms with E-state index in [9.17, 15) is 19.2 Å². The van der Waals surface area contributed by atoms with E-state index in [-0.39, 0.29) is 69.1 Å². The predicted octanol–water partition coefficient (Wildman–Crippen LogP) is 6.65. The van der Waals surface area contributed by atoms with Gasteiger partial charge in [-0.25, -0.2) is 0 Å². The summed E-state index contributed by atoms with van der Waals surface area (Å²) in [5, 5.41) is 14.6. The summed E-state index contributed by atoms with van der Waals surface area (Å²) in [6, 6.07) is 0. The Kier molecular flexibility index (Phi) is 12.8. The van der Waals surface area contributed by atoms with Crippen molar-refractivity contribution in [2.24, 2.45) is 23.7 Å². The number of carbonyl (C=O) groups excluding carboxylic acids is 4. The summed E-state index contributed by atoms with van der Waals surface area (Å²) in [4.78, 5) is 57.5. The average molecular weight is 817 g/mol. The maximum Gasteiger partial charge on any atom is 0.309 e. The molecular formula is C46H80N4O8. The normalized spacial score (nSPS) is 33.0. The van der Waals surface area contributed by atoms with Gasteiger partial charge in [-0.1, -0.05) is 0 Å². The standard InChI is InChI=1S/C46H80N4O8/c1-39(2)19-27(20-40(3,4)47-39)35(51)55-31-17-18-32(56-36(52)28-21-41(5,6)48-42(7,8)22-28)34(58-38(54)30-25-45(13,14)50-46(15,16)26-30)33(31)57-37(53)29-23-43(9,10)49-44(11,12)24-29/h27-34,47-50H,17-26H2,1-16H3. The summed E-state index contributed by atoms with van der Waals surface area (Å²) in [5.74, 6) is -3.30. The van der Waals surface area contributed by atoms with E-state index in [1.807, 2.05) is 0 Å². The van der Waals surface area contributed by atoms with Crippen LogP contribution in [0.5, 0.6) is 0 Å². The lowest BCUT2D eigenvalue weighted by Crippen LogP contribution is -2.62. The zero-order chi connectivity index (χ0) is 43.7. The Labute approximate surface area is 349 Å². The Bertz CT molecular complexity index is 1390. The summed E-state index contributed by atoms with van der Waals surface area (Å²) in [6.07, 6.45) is 0.816. The molecule has 4 N–H and O–H groups in total. The van der Waals surface area contributed by atoms with Crippen LogP contribution in [0.25, 0.3) is 0 Å². The second-order valence-corrected chi connectivity index (χ2v) is 24.3. The molecule has 12 heteroatoms. The second-order valence-electron chi connectivity index (χ2n) is 24.3. The zero-order valence-corrected chi connectivity index (χ0v) is 39.0. The van der Waals surface area contributed by atoms with Gasteiger partial charge in [-0.15, -0.1) is 0 Å². The fourth-order valence-electron chi connectivity index (χ4n) is 12.5. The van der Waals surface area contributed by atoms with Gasteiger partial charge in [-0.2, -0.15) is 0 Å². The fraction of sp³-hybridized carbons (Fsp3) is 0.913. The van der Waals surface area contributed by atoms with Crippen LogP contribution in [-0.2, 0) is 38.1 Å². The van der Waals surface area contributed by atoms with E-state index >= 15 is 0 Å². The molecule has 4 heterocycles. The monoisotopic (exact) mass is 817 g/mol. The van der Waals surface area contributed by atoms with Crippen molar-refractivity contribution in [1.29, 1.82) is 0 Å². The molecule has 0 radical (unpaired) electrons. The number of nitrogens with one attached hydrogen (secondary N) is 4. The molecule has 4 unspecified atom stereocenters. The molecule has 332 valence electrons. The second kappa shape index (κ2) is 15.9. The zero-order valence-electron chi connectivity index (χ0n) is 39.0. The van der Waals surface area contributed by atoms with Crippen LogP contribution in [0.1, 0.15) is 175 Å². The number of hydrogen-bond donors (Lipinski definition) is 4. The van der Waals surface area contributed by atoms with Gasteiger partial charge < -0.3 is 40.2 Å². The first-order valence-electron chi connectivity index (χ1n) is 22.1. The SMILES string of the molecule is CC1(C)CC(C(=O)OC2CCC(OC(=O)C3CC(C)(C)NC(C)(C)C3)C(OC(=O)C3CC(C)(C)NC(C)(C)C3)C2OC(=O)C2CC(C)(C)NC(C)(C)C2)CC(C)(C)N1. The number of piperidine rings is 4. The van der Waals surface area contributed by atoms with Gasteiger partial charge in [-0.05, 0) is 175 Å². The Morgan fingerprint density at radius 3 is 0.690 bits per heavy atom. The van der Waals surface area contributed by atoms with Crippen LogP contribution in [0, 0.1) is 23.7 Å². The molecule has 5 rings (SSSR count). The third-order valence-corrected chi connectivity index (χ3v) is 12.9. The lowest BCUT2D eigenvalue weighted by molar-refractivity contribution is -0.219. The van der Waals surface area contributed by atoms with Gasteiger partial charge >= 0.3 is 23.9 Å². The van der Waals surface area contributed by atoms with Crippen LogP contribution in [0.15, 0.2) is 0 Å². The van der Waals surface area contributed by atoms with E-state index in [0.29, 0.717) is 51.4 Å². The number of carbonyl (C=O) groups is 4. The number of rotatable bonds is 8. The topological polar surface area (TPSA) is 153 Å². The van der Waals surface area contributed by atoms with Gasteiger partial charge in [0.2, 0.25) is 0 Å². The quantitative estimate of drug-likeness (QED) is 0.153. The lowest BCUT2D eigenvalue weighted by Gasteiger charge is -2.48. The average Bonchev–Trinajstić information content (AvgIpc) is 2.97. The van der Waals surface area contributed by atoms with Crippen LogP contribution >= 0.6 is 0 Å². The summed E-state index contributed by atoms with van der Waals surface area (Å²) in [5.41, 5.74) is -2.57. The summed E-state index contributed by atoms with van der Waals surface area (Å²) in [7, 11) is 0. The highest BCUT2D eigenvalue weighted by Crippen LogP contribution is 2.41. The Morgan fingerprint density at radius 2 is 0.500 bits per heavy atom. The van der Waals surface area contributed by atoms with E-state index in [1.165, 1.54) is 0 Å². The molecule has 0 spiro atoms. The van der Waals surface area contributed by atoms with E-state index in [4.69, 9.17) is 18.9 Å². The van der Waals surface area contributed by atoms with Gasteiger partial charge in [0.15, 0.2) is 12.2 Å². The Balaban J connectivity index is 1.51.